The Bertz CT molecular complexity index is 1450. The SMILES string of the molecule is Bc1cccc(Cl)c1C1=NCc2cnc(Nc3ccc(C(=O)O)cc3)nc2-c2ccc(Cl)cc21. The number of aromatic carboxylic acids is 1. The van der Waals surface area contributed by atoms with Crippen molar-refractivity contribution in [2.24, 2.45) is 4.99 Å². The van der Waals surface area contributed by atoms with Gasteiger partial charge in [0.2, 0.25) is 5.95 Å². The van der Waals surface area contributed by atoms with Gasteiger partial charge in [-0.15, -0.1) is 0 Å². The summed E-state index contributed by atoms with van der Waals surface area (Å²) in [4.78, 5) is 25.2. The van der Waals surface area contributed by atoms with E-state index in [2.05, 4.69) is 10.3 Å². The topological polar surface area (TPSA) is 87.5 Å². The summed E-state index contributed by atoms with van der Waals surface area (Å²) in [5, 5.41) is 13.5. The van der Waals surface area contributed by atoms with Crippen molar-refractivity contribution in [3.05, 3.63) is 99.2 Å². The Morgan fingerprint density at radius 2 is 1.82 bits per heavy atom. The molecule has 0 unspecified atom stereocenters. The van der Waals surface area contributed by atoms with Crippen LogP contribution in [0.25, 0.3) is 11.3 Å². The molecule has 1 aliphatic heterocycles. The van der Waals surface area contributed by atoms with E-state index in [-0.39, 0.29) is 5.56 Å². The van der Waals surface area contributed by atoms with Crippen molar-refractivity contribution in [2.45, 2.75) is 6.54 Å². The fourth-order valence-electron chi connectivity index (χ4n) is 3.95. The lowest BCUT2D eigenvalue weighted by Crippen LogP contribution is -2.18. The van der Waals surface area contributed by atoms with Crippen LogP contribution < -0.4 is 10.8 Å². The van der Waals surface area contributed by atoms with Gasteiger partial charge in [0.05, 0.1) is 23.5 Å². The number of carboxylic acids is 1. The Morgan fingerprint density at radius 3 is 2.56 bits per heavy atom. The molecular weight excluding hydrogens is 470 g/mol. The van der Waals surface area contributed by atoms with Gasteiger partial charge in [0, 0.05) is 44.2 Å². The third kappa shape index (κ3) is 4.16. The summed E-state index contributed by atoms with van der Waals surface area (Å²) in [7, 11) is 2.00. The Balaban J connectivity index is 1.59. The highest BCUT2D eigenvalue weighted by Gasteiger charge is 2.23. The molecule has 3 aromatic carbocycles. The van der Waals surface area contributed by atoms with E-state index in [1.165, 1.54) is 12.1 Å². The second-order valence-electron chi connectivity index (χ2n) is 7.86. The third-order valence-electron chi connectivity index (χ3n) is 5.61. The fourth-order valence-corrected chi connectivity index (χ4v) is 4.44. The molecule has 1 aromatic heterocycles. The van der Waals surface area contributed by atoms with Gasteiger partial charge in [-0.05, 0) is 42.5 Å². The van der Waals surface area contributed by atoms with Crippen LogP contribution in [0.4, 0.5) is 11.6 Å². The summed E-state index contributed by atoms with van der Waals surface area (Å²) < 4.78 is 0. The lowest BCUT2D eigenvalue weighted by molar-refractivity contribution is 0.0697. The molecule has 0 atom stereocenters. The number of carboxylic acid groups (broad SMARTS) is 1. The van der Waals surface area contributed by atoms with E-state index in [0.29, 0.717) is 28.2 Å². The molecule has 34 heavy (non-hydrogen) atoms. The molecule has 5 rings (SSSR count). The van der Waals surface area contributed by atoms with Gasteiger partial charge in [-0.25, -0.2) is 14.8 Å². The predicted octanol–water partition coefficient (Wildman–Crippen LogP) is 4.50. The number of hydrogen-bond donors (Lipinski definition) is 2. The smallest absolute Gasteiger partial charge is 0.335 e. The highest BCUT2D eigenvalue weighted by atomic mass is 35.5. The van der Waals surface area contributed by atoms with E-state index in [9.17, 15) is 4.79 Å². The van der Waals surface area contributed by atoms with Crippen LogP contribution in [0.3, 0.4) is 0 Å². The van der Waals surface area contributed by atoms with Gasteiger partial charge in [-0.2, -0.15) is 0 Å². The van der Waals surface area contributed by atoms with Gasteiger partial charge in [0.1, 0.15) is 7.85 Å². The van der Waals surface area contributed by atoms with E-state index in [1.807, 2.05) is 44.2 Å². The number of aliphatic imine (C=N–C) groups is 1. The Hall–Kier alpha value is -3.68. The lowest BCUT2D eigenvalue weighted by Gasteiger charge is -2.15. The van der Waals surface area contributed by atoms with Crippen LogP contribution in [0.2, 0.25) is 10.0 Å². The predicted molar refractivity (Wildman–Crippen MR) is 138 cm³/mol. The van der Waals surface area contributed by atoms with Crippen LogP contribution in [0.5, 0.6) is 0 Å². The molecule has 9 heteroatoms. The molecule has 0 radical (unpaired) electrons. The number of carbonyl (C=O) groups is 1. The molecule has 0 bridgehead atoms. The Morgan fingerprint density at radius 1 is 1.03 bits per heavy atom. The van der Waals surface area contributed by atoms with Crippen LogP contribution in [0.1, 0.15) is 27.0 Å². The van der Waals surface area contributed by atoms with Crippen LogP contribution >= 0.6 is 23.2 Å². The minimum absolute atomic E-state index is 0.207. The maximum atomic E-state index is 11.1. The van der Waals surface area contributed by atoms with E-state index < -0.39 is 5.97 Å². The fraction of sp³-hybridized carbons (Fsp3) is 0.0400. The van der Waals surface area contributed by atoms with Gasteiger partial charge in [0.15, 0.2) is 0 Å². The van der Waals surface area contributed by atoms with Crippen LogP contribution in [0.15, 0.2) is 71.9 Å². The van der Waals surface area contributed by atoms with Gasteiger partial charge in [-0.1, -0.05) is 46.9 Å². The first-order valence-corrected chi connectivity index (χ1v) is 11.2. The highest BCUT2D eigenvalue weighted by molar-refractivity contribution is 6.44. The highest BCUT2D eigenvalue weighted by Crippen LogP contribution is 2.34. The number of anilines is 2. The summed E-state index contributed by atoms with van der Waals surface area (Å²) in [5.74, 6) is -0.590. The zero-order valence-corrected chi connectivity index (χ0v) is 19.5. The number of benzene rings is 3. The first-order chi connectivity index (χ1) is 16.4. The number of aromatic nitrogens is 2. The van der Waals surface area contributed by atoms with Gasteiger partial charge < -0.3 is 10.4 Å². The summed E-state index contributed by atoms with van der Waals surface area (Å²) >= 11 is 13.0. The first kappa shape index (κ1) is 22.1. The minimum atomic E-state index is -0.979. The van der Waals surface area contributed by atoms with E-state index >= 15 is 0 Å². The summed E-state index contributed by atoms with van der Waals surface area (Å²) in [6, 6.07) is 17.8. The average molecular weight is 487 g/mol. The third-order valence-corrected chi connectivity index (χ3v) is 6.16. The van der Waals surface area contributed by atoms with Crippen molar-refractivity contribution in [3.63, 3.8) is 0 Å². The van der Waals surface area contributed by atoms with E-state index in [1.54, 1.807) is 18.3 Å². The molecule has 1 aliphatic rings. The van der Waals surface area contributed by atoms with E-state index in [0.717, 1.165) is 39.1 Å². The van der Waals surface area contributed by atoms with E-state index in [4.69, 9.17) is 38.3 Å². The average Bonchev–Trinajstić information content (AvgIpc) is 2.96. The van der Waals surface area contributed by atoms with Gasteiger partial charge in [0.25, 0.3) is 0 Å². The monoisotopic (exact) mass is 486 g/mol. The number of rotatable bonds is 4. The quantitative estimate of drug-likeness (QED) is 0.414. The molecular formula is C25H17BCl2N4O2. The summed E-state index contributed by atoms with van der Waals surface area (Å²) in [6.45, 7) is 0.384. The van der Waals surface area contributed by atoms with Crippen LogP contribution in [-0.4, -0.2) is 34.6 Å². The van der Waals surface area contributed by atoms with Gasteiger partial charge in [-0.3, -0.25) is 4.99 Å². The maximum Gasteiger partial charge on any atom is 0.335 e. The maximum absolute atomic E-state index is 11.1. The molecule has 0 saturated heterocycles. The number of nitrogens with zero attached hydrogens (tertiary/aromatic N) is 3. The Labute approximate surface area is 206 Å². The molecule has 2 N–H and O–H groups in total. The number of nitrogens with one attached hydrogen (secondary N) is 1. The zero-order chi connectivity index (χ0) is 23.8. The second kappa shape index (κ2) is 8.93. The molecule has 4 aromatic rings. The largest absolute Gasteiger partial charge is 0.478 e. The van der Waals surface area contributed by atoms with Crippen molar-refractivity contribution < 1.29 is 9.90 Å². The standard InChI is InChI=1S/C25H17BCl2N4O2/c26-19-2-1-3-20(28)21(19)23-18-10-15(27)6-9-17(18)22-14(11-29-23)12-30-25(32-22)31-16-7-4-13(5-8-16)24(33)34/h1-10,12H,11,26H2,(H,33,34)(H,30,31,32). The molecule has 0 aliphatic carbocycles. The molecule has 6 nitrogen and oxygen atoms in total. The minimum Gasteiger partial charge on any atom is -0.478 e. The molecule has 2 heterocycles. The van der Waals surface area contributed by atoms with Crippen molar-refractivity contribution in [1.29, 1.82) is 0 Å². The molecule has 0 amide bonds. The Kier molecular flexibility index (Phi) is 5.81. The number of fused-ring (bicyclic) bond motifs is 3. The normalized spacial score (nSPS) is 12.2. The van der Waals surface area contributed by atoms with Crippen molar-refractivity contribution >= 4 is 59.8 Å². The second-order valence-corrected chi connectivity index (χ2v) is 8.71. The van der Waals surface area contributed by atoms with Crippen LogP contribution in [-0.2, 0) is 6.54 Å². The first-order valence-electron chi connectivity index (χ1n) is 10.5. The number of hydrogen-bond acceptors (Lipinski definition) is 5. The van der Waals surface area contributed by atoms with Crippen molar-refractivity contribution in [2.75, 3.05) is 5.32 Å². The molecule has 166 valence electrons. The zero-order valence-electron chi connectivity index (χ0n) is 18.0. The summed E-state index contributed by atoms with van der Waals surface area (Å²) in [6.07, 6.45) is 1.75. The lowest BCUT2D eigenvalue weighted by atomic mass is 9.85. The summed E-state index contributed by atoms with van der Waals surface area (Å²) in [5.41, 5.74) is 6.87. The number of halogens is 2. The van der Waals surface area contributed by atoms with Crippen molar-refractivity contribution in [3.8, 4) is 11.3 Å². The molecule has 0 saturated carbocycles. The van der Waals surface area contributed by atoms with Gasteiger partial charge >= 0.3 is 5.97 Å². The van der Waals surface area contributed by atoms with Crippen LogP contribution in [0, 0.1) is 0 Å². The molecule has 0 spiro atoms. The van der Waals surface area contributed by atoms with Crippen molar-refractivity contribution in [1.82, 2.24) is 9.97 Å². The molecule has 0 fully saturated rings.